The quantitative estimate of drug-likeness (QED) is 0.267. The number of hydrogen-bond acceptors (Lipinski definition) is 6. The standard InChI is InChI=1S/C31H32N4O4/c1-21(2)14-16-39-26-12-10-23(11-13-26)29-24(20-35(33-29)25-8-6-5-7-9-25)18-27-22(3)28(19-32)31(37)34(30(27)36)15-17-38-4/h5-13,18,20-21H,14-17H2,1-4H3/b27-18+. The fourth-order valence-corrected chi connectivity index (χ4v) is 4.22. The number of benzene rings is 2. The normalized spacial score (nSPS) is 14.9. The fraction of sp³-hybridized carbons (Fsp3) is 0.290. The Balaban J connectivity index is 1.78. The highest BCUT2D eigenvalue weighted by atomic mass is 16.5. The highest BCUT2D eigenvalue weighted by Crippen LogP contribution is 2.31. The van der Waals surface area contributed by atoms with Gasteiger partial charge in [0.05, 0.1) is 31.1 Å². The maximum atomic E-state index is 13.4. The lowest BCUT2D eigenvalue weighted by molar-refractivity contribution is -0.141. The van der Waals surface area contributed by atoms with Crippen molar-refractivity contribution in [3.05, 3.63) is 83.1 Å². The van der Waals surface area contributed by atoms with Crippen LogP contribution in [0.25, 0.3) is 23.0 Å². The molecule has 39 heavy (non-hydrogen) atoms. The first kappa shape index (κ1) is 27.6. The zero-order chi connectivity index (χ0) is 27.9. The predicted octanol–water partition coefficient (Wildman–Crippen LogP) is 5.20. The molecule has 8 heteroatoms. The molecular formula is C31H32N4O4. The zero-order valence-corrected chi connectivity index (χ0v) is 22.7. The Bertz CT molecular complexity index is 1440. The van der Waals surface area contributed by atoms with Gasteiger partial charge in [0, 0.05) is 30.0 Å². The van der Waals surface area contributed by atoms with Gasteiger partial charge in [0.2, 0.25) is 0 Å². The van der Waals surface area contributed by atoms with E-state index in [1.807, 2.05) is 66.9 Å². The van der Waals surface area contributed by atoms with Gasteiger partial charge in [-0.1, -0.05) is 32.0 Å². The van der Waals surface area contributed by atoms with E-state index in [9.17, 15) is 14.9 Å². The molecule has 2 aromatic carbocycles. The van der Waals surface area contributed by atoms with Gasteiger partial charge in [-0.25, -0.2) is 4.68 Å². The predicted molar refractivity (Wildman–Crippen MR) is 149 cm³/mol. The van der Waals surface area contributed by atoms with Crippen LogP contribution in [0.4, 0.5) is 0 Å². The van der Waals surface area contributed by atoms with Crippen molar-refractivity contribution >= 4 is 17.9 Å². The Morgan fingerprint density at radius 1 is 1.03 bits per heavy atom. The summed E-state index contributed by atoms with van der Waals surface area (Å²) in [7, 11) is 1.49. The molecule has 8 nitrogen and oxygen atoms in total. The smallest absolute Gasteiger partial charge is 0.271 e. The van der Waals surface area contributed by atoms with Crippen LogP contribution in [0.3, 0.4) is 0 Å². The fourth-order valence-electron chi connectivity index (χ4n) is 4.22. The van der Waals surface area contributed by atoms with Crippen LogP contribution in [-0.4, -0.2) is 53.4 Å². The number of rotatable bonds is 10. The molecule has 1 aromatic heterocycles. The van der Waals surface area contributed by atoms with Crippen molar-refractivity contribution in [2.45, 2.75) is 27.2 Å². The van der Waals surface area contributed by atoms with Crippen molar-refractivity contribution in [3.63, 3.8) is 0 Å². The van der Waals surface area contributed by atoms with E-state index in [1.54, 1.807) is 17.7 Å². The molecule has 2 amide bonds. The van der Waals surface area contributed by atoms with E-state index in [4.69, 9.17) is 14.6 Å². The van der Waals surface area contributed by atoms with Crippen LogP contribution in [0.15, 0.2) is 77.5 Å². The molecule has 200 valence electrons. The zero-order valence-electron chi connectivity index (χ0n) is 22.7. The first-order chi connectivity index (χ1) is 18.8. The van der Waals surface area contributed by atoms with Crippen LogP contribution in [0.2, 0.25) is 0 Å². The molecule has 0 fully saturated rings. The number of imide groups is 1. The number of nitriles is 1. The maximum absolute atomic E-state index is 13.4. The number of para-hydroxylation sites is 1. The Kier molecular flexibility index (Phi) is 8.74. The van der Waals surface area contributed by atoms with Gasteiger partial charge >= 0.3 is 0 Å². The van der Waals surface area contributed by atoms with Crippen LogP contribution in [0.1, 0.15) is 32.8 Å². The molecule has 0 N–H and O–H groups in total. The van der Waals surface area contributed by atoms with Gasteiger partial charge in [-0.2, -0.15) is 10.4 Å². The van der Waals surface area contributed by atoms with Crippen LogP contribution in [-0.2, 0) is 14.3 Å². The molecule has 3 aromatic rings. The lowest BCUT2D eigenvalue weighted by atomic mass is 9.93. The largest absolute Gasteiger partial charge is 0.494 e. The minimum Gasteiger partial charge on any atom is -0.494 e. The average Bonchev–Trinajstić information content (AvgIpc) is 3.36. The first-order valence-electron chi connectivity index (χ1n) is 12.9. The summed E-state index contributed by atoms with van der Waals surface area (Å²) in [6.45, 7) is 6.81. The number of aromatic nitrogens is 2. The van der Waals surface area contributed by atoms with Gasteiger partial charge in [-0.3, -0.25) is 14.5 Å². The summed E-state index contributed by atoms with van der Waals surface area (Å²) >= 11 is 0. The molecule has 0 bridgehead atoms. The minimum absolute atomic E-state index is 0.0539. The summed E-state index contributed by atoms with van der Waals surface area (Å²) in [5, 5.41) is 14.5. The van der Waals surface area contributed by atoms with Crippen molar-refractivity contribution < 1.29 is 19.1 Å². The Morgan fingerprint density at radius 3 is 2.38 bits per heavy atom. The SMILES string of the molecule is COCCN1C(=O)C(C#N)=C(C)/C(=C\c2cn(-c3ccccc3)nc2-c2ccc(OCCC(C)C)cc2)C1=O. The topological polar surface area (TPSA) is 97.5 Å². The molecule has 4 rings (SSSR count). The lowest BCUT2D eigenvalue weighted by Crippen LogP contribution is -2.44. The Morgan fingerprint density at radius 2 is 1.74 bits per heavy atom. The number of methoxy groups -OCH3 is 1. The highest BCUT2D eigenvalue weighted by molar-refractivity contribution is 6.19. The third kappa shape index (κ3) is 6.16. The Hall–Kier alpha value is -4.48. The number of carbonyl (C=O) groups is 2. The van der Waals surface area contributed by atoms with E-state index in [-0.39, 0.29) is 24.3 Å². The number of ether oxygens (including phenoxy) is 2. The van der Waals surface area contributed by atoms with Crippen molar-refractivity contribution in [2.75, 3.05) is 26.9 Å². The molecule has 0 saturated carbocycles. The second-order valence-corrected chi connectivity index (χ2v) is 9.69. The third-order valence-electron chi connectivity index (χ3n) is 6.50. The molecule has 0 spiro atoms. The summed E-state index contributed by atoms with van der Waals surface area (Å²) in [6, 6.07) is 19.3. The number of amides is 2. The number of hydrogen-bond donors (Lipinski definition) is 0. The molecular weight excluding hydrogens is 492 g/mol. The van der Waals surface area contributed by atoms with Gasteiger partial charge in [-0.05, 0) is 67.3 Å². The molecule has 2 heterocycles. The van der Waals surface area contributed by atoms with Crippen molar-refractivity contribution in [1.29, 1.82) is 5.26 Å². The van der Waals surface area contributed by atoms with Gasteiger partial charge in [-0.15, -0.1) is 0 Å². The molecule has 0 aliphatic carbocycles. The van der Waals surface area contributed by atoms with Crippen LogP contribution in [0, 0.1) is 17.2 Å². The van der Waals surface area contributed by atoms with Crippen molar-refractivity contribution in [2.24, 2.45) is 5.92 Å². The summed E-state index contributed by atoms with van der Waals surface area (Å²) in [6.07, 6.45) is 4.51. The van der Waals surface area contributed by atoms with Crippen molar-refractivity contribution in [3.8, 4) is 28.8 Å². The summed E-state index contributed by atoms with van der Waals surface area (Å²) in [5.74, 6) is 0.251. The lowest BCUT2D eigenvalue weighted by Gasteiger charge is -2.27. The molecule has 0 atom stereocenters. The van der Waals surface area contributed by atoms with E-state index in [1.165, 1.54) is 7.11 Å². The van der Waals surface area contributed by atoms with Crippen molar-refractivity contribution in [1.82, 2.24) is 14.7 Å². The molecule has 1 aliphatic heterocycles. The van der Waals surface area contributed by atoms with Crippen LogP contribution >= 0.6 is 0 Å². The van der Waals surface area contributed by atoms with E-state index in [0.717, 1.165) is 28.3 Å². The van der Waals surface area contributed by atoms with Crippen LogP contribution in [0.5, 0.6) is 5.75 Å². The van der Waals surface area contributed by atoms with Crippen LogP contribution < -0.4 is 4.74 Å². The Labute approximate surface area is 228 Å². The van der Waals surface area contributed by atoms with E-state index in [2.05, 4.69) is 13.8 Å². The second kappa shape index (κ2) is 12.4. The van der Waals surface area contributed by atoms with Gasteiger partial charge in [0.15, 0.2) is 0 Å². The van der Waals surface area contributed by atoms with E-state index >= 15 is 0 Å². The molecule has 0 unspecified atom stereocenters. The molecule has 1 aliphatic rings. The summed E-state index contributed by atoms with van der Waals surface area (Å²) in [4.78, 5) is 27.3. The van der Waals surface area contributed by atoms with Gasteiger partial charge in [0.25, 0.3) is 11.8 Å². The summed E-state index contributed by atoms with van der Waals surface area (Å²) < 4.78 is 12.7. The monoisotopic (exact) mass is 524 g/mol. The minimum atomic E-state index is -0.609. The summed E-state index contributed by atoms with van der Waals surface area (Å²) in [5.41, 5.74) is 3.57. The highest BCUT2D eigenvalue weighted by Gasteiger charge is 2.35. The van der Waals surface area contributed by atoms with E-state index in [0.29, 0.717) is 29.4 Å². The third-order valence-corrected chi connectivity index (χ3v) is 6.50. The number of carbonyl (C=O) groups excluding carboxylic acids is 2. The molecule has 0 saturated heterocycles. The first-order valence-corrected chi connectivity index (χ1v) is 12.9. The number of nitrogens with zero attached hydrogens (tertiary/aromatic N) is 4. The second-order valence-electron chi connectivity index (χ2n) is 9.69. The van der Waals surface area contributed by atoms with E-state index < -0.39 is 11.8 Å². The average molecular weight is 525 g/mol. The molecule has 0 radical (unpaired) electrons. The van der Waals surface area contributed by atoms with Gasteiger partial charge in [0.1, 0.15) is 17.4 Å². The maximum Gasteiger partial charge on any atom is 0.271 e. The van der Waals surface area contributed by atoms with Gasteiger partial charge < -0.3 is 9.47 Å².